The summed E-state index contributed by atoms with van der Waals surface area (Å²) in [6.45, 7) is 9.38. The van der Waals surface area contributed by atoms with E-state index in [2.05, 4.69) is 56.2 Å². The van der Waals surface area contributed by atoms with Gasteiger partial charge in [-0.25, -0.2) is 4.98 Å². The van der Waals surface area contributed by atoms with Gasteiger partial charge in [0, 0.05) is 18.2 Å². The summed E-state index contributed by atoms with van der Waals surface area (Å²) >= 11 is 0. The summed E-state index contributed by atoms with van der Waals surface area (Å²) in [4.78, 5) is 4.53. The van der Waals surface area contributed by atoms with Crippen LogP contribution in [0.5, 0.6) is 11.6 Å². The molecule has 0 spiro atoms. The summed E-state index contributed by atoms with van der Waals surface area (Å²) in [6, 6.07) is 12.2. The van der Waals surface area contributed by atoms with Crippen LogP contribution < -0.4 is 10.1 Å². The van der Waals surface area contributed by atoms with Crippen molar-refractivity contribution in [3.63, 3.8) is 0 Å². The maximum atomic E-state index is 6.06. The summed E-state index contributed by atoms with van der Waals surface area (Å²) in [6.07, 6.45) is 0. The summed E-state index contributed by atoms with van der Waals surface area (Å²) < 4.78 is 6.06. The van der Waals surface area contributed by atoms with Gasteiger partial charge in [-0.1, -0.05) is 39.0 Å². The van der Waals surface area contributed by atoms with Crippen LogP contribution in [0.4, 0.5) is 0 Å². The number of rotatable bonds is 4. The minimum Gasteiger partial charge on any atom is -0.439 e. The number of benzene rings is 1. The lowest BCUT2D eigenvalue weighted by molar-refractivity contribution is 0.437. The molecule has 0 saturated carbocycles. The molecule has 21 heavy (non-hydrogen) atoms. The first kappa shape index (κ1) is 15.5. The zero-order chi connectivity index (χ0) is 15.5. The Morgan fingerprint density at radius 3 is 2.57 bits per heavy atom. The monoisotopic (exact) mass is 284 g/mol. The Kier molecular flexibility index (Phi) is 4.63. The molecule has 0 saturated heterocycles. The van der Waals surface area contributed by atoms with Gasteiger partial charge in [0.25, 0.3) is 0 Å². The molecule has 3 heteroatoms. The minimum absolute atomic E-state index is 0.0334. The molecule has 0 fully saturated rings. The molecule has 1 heterocycles. The molecular formula is C18H24N2O. The van der Waals surface area contributed by atoms with Crippen LogP contribution in [0.1, 0.15) is 37.6 Å². The zero-order valence-electron chi connectivity index (χ0n) is 13.5. The van der Waals surface area contributed by atoms with E-state index in [9.17, 15) is 0 Å². The fourth-order valence-corrected chi connectivity index (χ4v) is 2.24. The Morgan fingerprint density at radius 1 is 1.14 bits per heavy atom. The molecule has 0 bridgehead atoms. The highest BCUT2D eigenvalue weighted by Gasteiger charge is 2.19. The quantitative estimate of drug-likeness (QED) is 0.913. The lowest BCUT2D eigenvalue weighted by Crippen LogP contribution is -2.13. The average molecular weight is 284 g/mol. The number of pyridine rings is 1. The molecule has 112 valence electrons. The van der Waals surface area contributed by atoms with Gasteiger partial charge >= 0.3 is 0 Å². The number of aryl methyl sites for hydroxylation is 1. The van der Waals surface area contributed by atoms with E-state index in [4.69, 9.17) is 4.74 Å². The third-order valence-electron chi connectivity index (χ3n) is 3.30. The SMILES string of the molecule is CNCc1cccc(Oc2cc(C)ccc2C(C)(C)C)n1. The van der Waals surface area contributed by atoms with E-state index < -0.39 is 0 Å². The van der Waals surface area contributed by atoms with Crippen molar-refractivity contribution >= 4 is 0 Å². The second kappa shape index (κ2) is 6.27. The molecule has 3 nitrogen and oxygen atoms in total. The van der Waals surface area contributed by atoms with Crippen molar-refractivity contribution in [1.29, 1.82) is 0 Å². The van der Waals surface area contributed by atoms with E-state index in [1.165, 1.54) is 11.1 Å². The van der Waals surface area contributed by atoms with Gasteiger partial charge in [0.2, 0.25) is 5.88 Å². The van der Waals surface area contributed by atoms with Crippen molar-refractivity contribution < 1.29 is 4.74 Å². The fraction of sp³-hybridized carbons (Fsp3) is 0.389. The first-order chi connectivity index (χ1) is 9.90. The fourth-order valence-electron chi connectivity index (χ4n) is 2.24. The number of aromatic nitrogens is 1. The average Bonchev–Trinajstić information content (AvgIpc) is 2.38. The first-order valence-corrected chi connectivity index (χ1v) is 7.29. The zero-order valence-corrected chi connectivity index (χ0v) is 13.5. The first-order valence-electron chi connectivity index (χ1n) is 7.29. The van der Waals surface area contributed by atoms with Crippen LogP contribution in [0.15, 0.2) is 36.4 Å². The van der Waals surface area contributed by atoms with Crippen LogP contribution in [0.3, 0.4) is 0 Å². The van der Waals surface area contributed by atoms with Crippen LogP contribution in [0, 0.1) is 6.92 Å². The number of hydrogen-bond donors (Lipinski definition) is 1. The highest BCUT2D eigenvalue weighted by molar-refractivity contribution is 5.43. The van der Waals surface area contributed by atoms with E-state index in [0.29, 0.717) is 5.88 Å². The second-order valence-corrected chi connectivity index (χ2v) is 6.35. The van der Waals surface area contributed by atoms with Crippen LogP contribution >= 0.6 is 0 Å². The van der Waals surface area contributed by atoms with E-state index in [0.717, 1.165) is 18.0 Å². The molecule has 0 atom stereocenters. The highest BCUT2D eigenvalue weighted by Crippen LogP contribution is 2.34. The van der Waals surface area contributed by atoms with Crippen molar-refractivity contribution in [3.8, 4) is 11.6 Å². The van der Waals surface area contributed by atoms with Gasteiger partial charge < -0.3 is 10.1 Å². The van der Waals surface area contributed by atoms with E-state index in [1.54, 1.807) is 0 Å². The predicted molar refractivity (Wildman–Crippen MR) is 87.0 cm³/mol. The summed E-state index contributed by atoms with van der Waals surface area (Å²) in [5.41, 5.74) is 3.38. The van der Waals surface area contributed by atoms with Gasteiger partial charge in [-0.2, -0.15) is 0 Å². The molecule has 0 aliphatic carbocycles. The van der Waals surface area contributed by atoms with Crippen molar-refractivity contribution in [2.45, 2.75) is 39.7 Å². The van der Waals surface area contributed by atoms with Crippen LogP contribution in [0.25, 0.3) is 0 Å². The number of nitrogens with one attached hydrogen (secondary N) is 1. The van der Waals surface area contributed by atoms with Gasteiger partial charge in [-0.15, -0.1) is 0 Å². The van der Waals surface area contributed by atoms with Crippen LogP contribution in [-0.4, -0.2) is 12.0 Å². The van der Waals surface area contributed by atoms with E-state index in [-0.39, 0.29) is 5.41 Å². The molecular weight excluding hydrogens is 260 g/mol. The molecule has 2 rings (SSSR count). The Hall–Kier alpha value is -1.87. The molecule has 0 aliphatic rings. The predicted octanol–water partition coefficient (Wildman–Crippen LogP) is 4.20. The standard InChI is InChI=1S/C18H24N2O/c1-13-9-10-15(18(2,3)4)16(11-13)21-17-8-6-7-14(20-17)12-19-5/h6-11,19H,12H2,1-5H3. The number of hydrogen-bond acceptors (Lipinski definition) is 3. The van der Waals surface area contributed by atoms with Crippen molar-refractivity contribution in [1.82, 2.24) is 10.3 Å². The third kappa shape index (κ3) is 4.05. The molecule has 0 aliphatic heterocycles. The smallest absolute Gasteiger partial charge is 0.219 e. The molecule has 1 aromatic heterocycles. The lowest BCUT2D eigenvalue weighted by atomic mass is 9.86. The van der Waals surface area contributed by atoms with E-state index in [1.807, 2.05) is 25.2 Å². The summed E-state index contributed by atoms with van der Waals surface area (Å²) in [5.74, 6) is 1.52. The number of ether oxygens (including phenoxy) is 1. The number of nitrogens with zero attached hydrogens (tertiary/aromatic N) is 1. The summed E-state index contributed by atoms with van der Waals surface area (Å²) in [5, 5.41) is 3.10. The van der Waals surface area contributed by atoms with Gasteiger partial charge in [0.15, 0.2) is 0 Å². The molecule has 0 radical (unpaired) electrons. The van der Waals surface area contributed by atoms with Crippen molar-refractivity contribution in [3.05, 3.63) is 53.2 Å². The molecule has 0 unspecified atom stereocenters. The maximum Gasteiger partial charge on any atom is 0.219 e. The Morgan fingerprint density at radius 2 is 1.90 bits per heavy atom. The van der Waals surface area contributed by atoms with Crippen LogP contribution in [0.2, 0.25) is 0 Å². The molecule has 1 aromatic carbocycles. The van der Waals surface area contributed by atoms with Gasteiger partial charge in [0.1, 0.15) is 5.75 Å². The van der Waals surface area contributed by atoms with E-state index >= 15 is 0 Å². The molecule has 0 amide bonds. The Balaban J connectivity index is 2.34. The van der Waals surface area contributed by atoms with Gasteiger partial charge in [0.05, 0.1) is 5.69 Å². The lowest BCUT2D eigenvalue weighted by Gasteiger charge is -2.23. The molecule has 1 N–H and O–H groups in total. The Bertz CT molecular complexity index is 615. The maximum absolute atomic E-state index is 6.06. The summed E-state index contributed by atoms with van der Waals surface area (Å²) in [7, 11) is 1.91. The second-order valence-electron chi connectivity index (χ2n) is 6.35. The van der Waals surface area contributed by atoms with Crippen LogP contribution in [-0.2, 0) is 12.0 Å². The normalized spacial score (nSPS) is 11.5. The Labute approximate surface area is 127 Å². The topological polar surface area (TPSA) is 34.1 Å². The highest BCUT2D eigenvalue weighted by atomic mass is 16.5. The van der Waals surface area contributed by atoms with Crippen molar-refractivity contribution in [2.24, 2.45) is 0 Å². The minimum atomic E-state index is 0.0334. The molecule has 2 aromatic rings. The third-order valence-corrected chi connectivity index (χ3v) is 3.30. The van der Waals surface area contributed by atoms with Crippen molar-refractivity contribution in [2.75, 3.05) is 7.05 Å². The van der Waals surface area contributed by atoms with Gasteiger partial charge in [-0.05, 0) is 37.1 Å². The largest absolute Gasteiger partial charge is 0.439 e. The van der Waals surface area contributed by atoms with Gasteiger partial charge in [-0.3, -0.25) is 0 Å².